The highest BCUT2D eigenvalue weighted by Crippen LogP contribution is 2.29. The fourth-order valence-corrected chi connectivity index (χ4v) is 1.91. The molecule has 0 aliphatic carbocycles. The zero-order valence-corrected chi connectivity index (χ0v) is 7.99. The number of esters is 2. The summed E-state index contributed by atoms with van der Waals surface area (Å²) < 4.78 is 18.0. The first-order valence-corrected chi connectivity index (χ1v) is 4.66. The molecule has 0 radical (unpaired) electrons. The molecule has 2 aromatic carbocycles. The van der Waals surface area contributed by atoms with Crippen molar-refractivity contribution in [2.45, 2.75) is 0 Å². The van der Waals surface area contributed by atoms with Gasteiger partial charge in [-0.1, -0.05) is 12.1 Å². The molecule has 78 valence electrons. The molecular weight excluding hydrogens is 211 g/mol. The van der Waals surface area contributed by atoms with Crippen molar-refractivity contribution in [2.24, 2.45) is 0 Å². The molecule has 0 atom stereocenters. The van der Waals surface area contributed by atoms with E-state index in [4.69, 9.17) is 0 Å². The van der Waals surface area contributed by atoms with Gasteiger partial charge in [-0.15, -0.1) is 0 Å². The Hall–Kier alpha value is -2.23. The summed E-state index contributed by atoms with van der Waals surface area (Å²) in [7, 11) is 0. The number of carbonyl (C=O) groups is 2. The molecule has 3 rings (SSSR count). The fraction of sp³-hybridized carbons (Fsp3) is 0. The molecule has 0 amide bonds. The average molecular weight is 216 g/mol. The van der Waals surface area contributed by atoms with Gasteiger partial charge in [0.1, 0.15) is 5.82 Å². The summed E-state index contributed by atoms with van der Waals surface area (Å²) in [4.78, 5) is 22.9. The minimum atomic E-state index is -0.728. The van der Waals surface area contributed by atoms with Gasteiger partial charge in [-0.2, -0.15) is 0 Å². The van der Waals surface area contributed by atoms with Crippen molar-refractivity contribution in [1.82, 2.24) is 0 Å². The number of halogens is 1. The van der Waals surface area contributed by atoms with Gasteiger partial charge in [0.25, 0.3) is 0 Å². The molecule has 1 aliphatic heterocycles. The number of carbonyl (C=O) groups excluding carboxylic acids is 2. The molecule has 0 saturated carbocycles. The maximum Gasteiger partial charge on any atom is 0.346 e. The minimum Gasteiger partial charge on any atom is -0.386 e. The standard InChI is InChI=1S/C12H5FO3/c13-9-5-4-8-10-6(9)2-1-3-7(10)11(14)16-12(8)15/h1-5H. The van der Waals surface area contributed by atoms with Crippen molar-refractivity contribution in [3.05, 3.63) is 47.3 Å². The highest BCUT2D eigenvalue weighted by molar-refractivity contribution is 6.20. The second-order valence-electron chi connectivity index (χ2n) is 3.50. The van der Waals surface area contributed by atoms with Crippen LogP contribution in [-0.2, 0) is 4.74 Å². The molecule has 0 unspecified atom stereocenters. The minimum absolute atomic E-state index is 0.228. The Balaban J connectivity index is 2.57. The maximum absolute atomic E-state index is 13.5. The highest BCUT2D eigenvalue weighted by atomic mass is 19.1. The Labute approximate surface area is 89.4 Å². The smallest absolute Gasteiger partial charge is 0.346 e. The van der Waals surface area contributed by atoms with Crippen molar-refractivity contribution in [2.75, 3.05) is 0 Å². The topological polar surface area (TPSA) is 43.4 Å². The van der Waals surface area contributed by atoms with Crippen LogP contribution in [0.15, 0.2) is 30.3 Å². The third-order valence-electron chi connectivity index (χ3n) is 2.61. The largest absolute Gasteiger partial charge is 0.386 e. The molecule has 4 heteroatoms. The van der Waals surface area contributed by atoms with Gasteiger partial charge >= 0.3 is 11.9 Å². The Morgan fingerprint density at radius 3 is 2.38 bits per heavy atom. The molecule has 0 aromatic heterocycles. The van der Waals surface area contributed by atoms with E-state index in [-0.39, 0.29) is 16.5 Å². The third kappa shape index (κ3) is 1.01. The van der Waals surface area contributed by atoms with Gasteiger partial charge in [-0.3, -0.25) is 0 Å². The van der Waals surface area contributed by atoms with Gasteiger partial charge in [-0.25, -0.2) is 14.0 Å². The molecule has 1 heterocycles. The highest BCUT2D eigenvalue weighted by Gasteiger charge is 2.27. The van der Waals surface area contributed by atoms with Crippen LogP contribution in [0, 0.1) is 5.82 Å². The zero-order valence-electron chi connectivity index (χ0n) is 7.99. The quantitative estimate of drug-likeness (QED) is 0.501. The van der Waals surface area contributed by atoms with E-state index < -0.39 is 17.8 Å². The molecule has 2 aromatic rings. The average Bonchev–Trinajstić information content (AvgIpc) is 2.27. The van der Waals surface area contributed by atoms with E-state index in [1.54, 1.807) is 6.07 Å². The number of benzene rings is 2. The van der Waals surface area contributed by atoms with Crippen molar-refractivity contribution in [3.63, 3.8) is 0 Å². The molecule has 0 spiro atoms. The zero-order chi connectivity index (χ0) is 11.3. The van der Waals surface area contributed by atoms with Crippen molar-refractivity contribution >= 4 is 22.7 Å². The van der Waals surface area contributed by atoms with E-state index in [9.17, 15) is 14.0 Å². The van der Waals surface area contributed by atoms with E-state index in [0.717, 1.165) is 0 Å². The van der Waals surface area contributed by atoms with Gasteiger partial charge in [0.2, 0.25) is 0 Å². The normalized spacial score (nSPS) is 14.1. The molecule has 0 saturated heterocycles. The second-order valence-corrected chi connectivity index (χ2v) is 3.50. The van der Waals surface area contributed by atoms with Crippen LogP contribution in [0.25, 0.3) is 10.8 Å². The van der Waals surface area contributed by atoms with Gasteiger partial charge < -0.3 is 4.74 Å². The molecular formula is C12H5FO3. The van der Waals surface area contributed by atoms with Gasteiger partial charge in [0.15, 0.2) is 0 Å². The first-order valence-electron chi connectivity index (χ1n) is 4.66. The van der Waals surface area contributed by atoms with Crippen LogP contribution < -0.4 is 0 Å². The van der Waals surface area contributed by atoms with Crippen LogP contribution in [0.2, 0.25) is 0 Å². The lowest BCUT2D eigenvalue weighted by atomic mass is 9.97. The van der Waals surface area contributed by atoms with E-state index in [1.165, 1.54) is 24.3 Å². The number of cyclic esters (lactones) is 2. The van der Waals surface area contributed by atoms with Crippen LogP contribution in [0.3, 0.4) is 0 Å². The Morgan fingerprint density at radius 1 is 0.938 bits per heavy atom. The summed E-state index contributed by atoms with van der Waals surface area (Å²) in [5, 5.41) is 0.601. The number of ether oxygens (including phenoxy) is 1. The fourth-order valence-electron chi connectivity index (χ4n) is 1.91. The van der Waals surface area contributed by atoms with Crippen LogP contribution in [0.4, 0.5) is 4.39 Å². The molecule has 0 fully saturated rings. The number of hydrogen-bond donors (Lipinski definition) is 0. The lowest BCUT2D eigenvalue weighted by Crippen LogP contribution is -2.19. The summed E-state index contributed by atoms with van der Waals surface area (Å²) in [6.45, 7) is 0. The summed E-state index contributed by atoms with van der Waals surface area (Å²) in [6, 6.07) is 7.12. The lowest BCUT2D eigenvalue weighted by Gasteiger charge is -2.15. The summed E-state index contributed by atoms with van der Waals surface area (Å²) in [5.74, 6) is -1.91. The molecule has 16 heavy (non-hydrogen) atoms. The van der Waals surface area contributed by atoms with Gasteiger partial charge in [0.05, 0.1) is 11.1 Å². The van der Waals surface area contributed by atoms with Gasteiger partial charge in [0, 0.05) is 10.8 Å². The van der Waals surface area contributed by atoms with Gasteiger partial charge in [-0.05, 0) is 18.2 Å². The molecule has 0 bridgehead atoms. The summed E-state index contributed by atoms with van der Waals surface area (Å²) in [6.07, 6.45) is 0. The van der Waals surface area contributed by atoms with Crippen molar-refractivity contribution in [1.29, 1.82) is 0 Å². The van der Waals surface area contributed by atoms with Crippen molar-refractivity contribution in [3.8, 4) is 0 Å². The molecule has 0 N–H and O–H groups in total. The van der Waals surface area contributed by atoms with Crippen molar-refractivity contribution < 1.29 is 18.7 Å². The second kappa shape index (κ2) is 2.88. The predicted octanol–water partition coefficient (Wildman–Crippen LogP) is 2.29. The first-order chi connectivity index (χ1) is 7.68. The van der Waals surface area contributed by atoms with E-state index >= 15 is 0 Å². The lowest BCUT2D eigenvalue weighted by molar-refractivity contribution is 0.0391. The molecule has 3 nitrogen and oxygen atoms in total. The number of hydrogen-bond acceptors (Lipinski definition) is 3. The summed E-state index contributed by atoms with van der Waals surface area (Å²) >= 11 is 0. The van der Waals surface area contributed by atoms with Crippen LogP contribution in [-0.4, -0.2) is 11.9 Å². The van der Waals surface area contributed by atoms with E-state index in [0.29, 0.717) is 5.39 Å². The maximum atomic E-state index is 13.5. The third-order valence-corrected chi connectivity index (χ3v) is 2.61. The monoisotopic (exact) mass is 216 g/mol. The predicted molar refractivity (Wildman–Crippen MR) is 53.7 cm³/mol. The summed E-state index contributed by atoms with van der Waals surface area (Å²) in [5.41, 5.74) is 0.457. The first kappa shape index (κ1) is 9.03. The van der Waals surface area contributed by atoms with E-state index in [2.05, 4.69) is 4.74 Å². The van der Waals surface area contributed by atoms with Crippen LogP contribution >= 0.6 is 0 Å². The Morgan fingerprint density at radius 2 is 1.62 bits per heavy atom. The SMILES string of the molecule is O=C1OC(=O)c2ccc(F)c3cccc1c23. The Kier molecular flexibility index (Phi) is 1.63. The van der Waals surface area contributed by atoms with Crippen LogP contribution in [0.1, 0.15) is 20.7 Å². The van der Waals surface area contributed by atoms with Crippen LogP contribution in [0.5, 0.6) is 0 Å². The molecule has 1 aliphatic rings. The number of rotatable bonds is 0. The van der Waals surface area contributed by atoms with E-state index in [1.807, 2.05) is 0 Å². The Bertz CT molecular complexity index is 626.